The van der Waals surface area contributed by atoms with Crippen molar-refractivity contribution in [3.8, 4) is 11.3 Å². The normalized spacial score (nSPS) is 14.8. The van der Waals surface area contributed by atoms with Crippen LogP contribution in [-0.2, 0) is 0 Å². The van der Waals surface area contributed by atoms with Crippen molar-refractivity contribution in [1.29, 1.82) is 0 Å². The van der Waals surface area contributed by atoms with Gasteiger partial charge in [-0.1, -0.05) is 25.1 Å². The van der Waals surface area contributed by atoms with Gasteiger partial charge < -0.3 is 16.0 Å². The molecular weight excluding hydrogens is 558 g/mol. The van der Waals surface area contributed by atoms with Gasteiger partial charge in [-0.2, -0.15) is 13.5 Å². The van der Waals surface area contributed by atoms with E-state index in [-0.39, 0.29) is 37.9 Å². The van der Waals surface area contributed by atoms with Gasteiger partial charge in [-0.05, 0) is 36.6 Å². The lowest BCUT2D eigenvalue weighted by atomic mass is 9.96. The van der Waals surface area contributed by atoms with Gasteiger partial charge in [-0.25, -0.2) is 23.7 Å². The van der Waals surface area contributed by atoms with Crippen molar-refractivity contribution < 1.29 is 13.6 Å². The molecule has 12 heteroatoms. The number of carbonyl (C=O) groups is 1. The molecule has 222 valence electrons. The number of piperidine rings is 1. The van der Waals surface area contributed by atoms with Gasteiger partial charge in [-0.15, -0.1) is 0 Å². The lowest BCUT2D eigenvalue weighted by Gasteiger charge is -2.32. The fourth-order valence-corrected chi connectivity index (χ4v) is 5.20. The number of aromatic nitrogens is 4. The standard InChI is InChI=1S/C30H34F2N8O.H2S/c1-19(22-4-3-5-23-24(30(41)33-2)8-11-34-29(22)23)15-35-28-14-25(37-18-38-28)20-6-7-27(36-16-20)39-21-9-12-40(13-10-21)17-26(31)32;/h3-8,11,14,16,18-19,21,26H,9-10,12-13,15,17H2,1-2H3,(H,33,41)(H,36,39)(H,35,37,38);1H2/t19-;/m1./s1. The van der Waals surface area contributed by atoms with E-state index in [1.807, 2.05) is 41.3 Å². The lowest BCUT2D eigenvalue weighted by Crippen LogP contribution is -2.41. The molecule has 0 unspecified atom stereocenters. The number of anilines is 2. The van der Waals surface area contributed by atoms with Crippen LogP contribution in [0.4, 0.5) is 20.4 Å². The van der Waals surface area contributed by atoms with Crippen LogP contribution in [0.2, 0.25) is 0 Å². The fourth-order valence-electron chi connectivity index (χ4n) is 5.20. The molecule has 42 heavy (non-hydrogen) atoms. The molecule has 0 bridgehead atoms. The van der Waals surface area contributed by atoms with Gasteiger partial charge >= 0.3 is 0 Å². The fraction of sp³-hybridized carbons (Fsp3) is 0.367. The van der Waals surface area contributed by atoms with Gasteiger partial charge in [0.25, 0.3) is 12.3 Å². The minimum Gasteiger partial charge on any atom is -0.369 e. The third kappa shape index (κ3) is 7.48. The first-order chi connectivity index (χ1) is 19.9. The van der Waals surface area contributed by atoms with E-state index in [9.17, 15) is 13.6 Å². The van der Waals surface area contributed by atoms with Crippen molar-refractivity contribution in [3.63, 3.8) is 0 Å². The van der Waals surface area contributed by atoms with Crippen LogP contribution in [0.3, 0.4) is 0 Å². The number of para-hydroxylation sites is 1. The van der Waals surface area contributed by atoms with Crippen LogP contribution in [0.5, 0.6) is 0 Å². The summed E-state index contributed by atoms with van der Waals surface area (Å²) < 4.78 is 25.2. The first kappa shape index (κ1) is 31.0. The van der Waals surface area contributed by atoms with Crippen LogP contribution in [0.1, 0.15) is 41.6 Å². The second kappa shape index (κ2) is 14.3. The summed E-state index contributed by atoms with van der Waals surface area (Å²) in [4.78, 5) is 32.1. The van der Waals surface area contributed by atoms with Crippen molar-refractivity contribution in [2.75, 3.05) is 43.9 Å². The number of benzene rings is 1. The Morgan fingerprint density at radius 2 is 1.86 bits per heavy atom. The molecule has 0 saturated carbocycles. The third-order valence-corrected chi connectivity index (χ3v) is 7.46. The maximum Gasteiger partial charge on any atom is 0.251 e. The first-order valence-corrected chi connectivity index (χ1v) is 13.8. The molecule has 5 rings (SSSR count). The van der Waals surface area contributed by atoms with Gasteiger partial charge in [-0.3, -0.25) is 14.7 Å². The van der Waals surface area contributed by atoms with Crippen molar-refractivity contribution in [1.82, 2.24) is 30.2 Å². The topological polar surface area (TPSA) is 108 Å². The van der Waals surface area contributed by atoms with Crippen molar-refractivity contribution in [2.45, 2.75) is 38.2 Å². The Labute approximate surface area is 251 Å². The summed E-state index contributed by atoms with van der Waals surface area (Å²) in [6.07, 6.45) is 4.29. The summed E-state index contributed by atoms with van der Waals surface area (Å²) >= 11 is 0. The second-order valence-corrected chi connectivity index (χ2v) is 10.3. The zero-order chi connectivity index (χ0) is 28.8. The summed E-state index contributed by atoms with van der Waals surface area (Å²) in [6, 6.07) is 13.6. The molecular formula is C30H36F2N8OS. The number of amides is 1. The predicted molar refractivity (Wildman–Crippen MR) is 167 cm³/mol. The predicted octanol–water partition coefficient (Wildman–Crippen LogP) is 4.92. The largest absolute Gasteiger partial charge is 0.369 e. The Bertz CT molecular complexity index is 1480. The maximum atomic E-state index is 12.6. The lowest BCUT2D eigenvalue weighted by molar-refractivity contribution is 0.0769. The molecule has 1 amide bonds. The molecule has 3 N–H and O–H groups in total. The van der Waals surface area contributed by atoms with E-state index in [0.29, 0.717) is 31.0 Å². The number of carbonyl (C=O) groups excluding carboxylic acids is 1. The number of pyridine rings is 2. The molecule has 9 nitrogen and oxygen atoms in total. The van der Waals surface area contributed by atoms with E-state index in [1.165, 1.54) is 6.33 Å². The highest BCUT2D eigenvalue weighted by Crippen LogP contribution is 2.27. The van der Waals surface area contributed by atoms with E-state index in [0.717, 1.165) is 46.4 Å². The molecule has 1 atom stereocenters. The highest BCUT2D eigenvalue weighted by Gasteiger charge is 2.21. The molecule has 4 heterocycles. The molecule has 0 radical (unpaired) electrons. The quantitative estimate of drug-likeness (QED) is 0.238. The summed E-state index contributed by atoms with van der Waals surface area (Å²) in [7, 11) is 1.62. The van der Waals surface area contributed by atoms with Gasteiger partial charge in [0.2, 0.25) is 0 Å². The van der Waals surface area contributed by atoms with E-state index in [4.69, 9.17) is 0 Å². The number of likely N-dealkylation sites (tertiary alicyclic amines) is 1. The smallest absolute Gasteiger partial charge is 0.251 e. The summed E-state index contributed by atoms with van der Waals surface area (Å²) in [5, 5.41) is 10.3. The molecule has 0 spiro atoms. The Morgan fingerprint density at radius 3 is 2.57 bits per heavy atom. The number of fused-ring (bicyclic) bond motifs is 1. The number of alkyl halides is 2. The Balaban J connectivity index is 0.00000405. The summed E-state index contributed by atoms with van der Waals surface area (Å²) in [6.45, 7) is 3.87. The molecule has 1 fully saturated rings. The molecule has 1 aliphatic rings. The third-order valence-electron chi connectivity index (χ3n) is 7.46. The van der Waals surface area contributed by atoms with Gasteiger partial charge in [0, 0.05) is 68.1 Å². The minimum atomic E-state index is -2.29. The Kier molecular flexibility index (Phi) is 10.6. The van der Waals surface area contributed by atoms with Crippen LogP contribution in [-0.4, -0.2) is 76.4 Å². The molecule has 1 saturated heterocycles. The maximum absolute atomic E-state index is 12.6. The molecule has 1 aliphatic heterocycles. The molecule has 4 aromatic rings. The van der Waals surface area contributed by atoms with E-state index in [2.05, 4.69) is 42.8 Å². The number of rotatable bonds is 10. The Hall–Kier alpha value is -3.90. The van der Waals surface area contributed by atoms with Crippen LogP contribution in [0, 0.1) is 0 Å². The number of hydrogen-bond donors (Lipinski definition) is 3. The molecule has 0 aliphatic carbocycles. The van der Waals surface area contributed by atoms with E-state index < -0.39 is 6.43 Å². The van der Waals surface area contributed by atoms with Crippen LogP contribution < -0.4 is 16.0 Å². The van der Waals surface area contributed by atoms with E-state index >= 15 is 0 Å². The molecule has 3 aromatic heterocycles. The van der Waals surface area contributed by atoms with Crippen LogP contribution >= 0.6 is 13.5 Å². The van der Waals surface area contributed by atoms with Crippen LogP contribution in [0.15, 0.2) is 61.2 Å². The zero-order valence-corrected chi connectivity index (χ0v) is 24.6. The van der Waals surface area contributed by atoms with Gasteiger partial charge in [0.1, 0.15) is 18.0 Å². The van der Waals surface area contributed by atoms with Crippen molar-refractivity contribution in [2.24, 2.45) is 0 Å². The van der Waals surface area contributed by atoms with E-state index in [1.54, 1.807) is 25.5 Å². The van der Waals surface area contributed by atoms with Gasteiger partial charge in [0.15, 0.2) is 0 Å². The number of hydrogen-bond acceptors (Lipinski definition) is 8. The highest BCUT2D eigenvalue weighted by molar-refractivity contribution is 7.59. The van der Waals surface area contributed by atoms with Crippen molar-refractivity contribution >= 4 is 41.9 Å². The first-order valence-electron chi connectivity index (χ1n) is 13.8. The Morgan fingerprint density at radius 1 is 1.05 bits per heavy atom. The molecule has 1 aromatic carbocycles. The number of halogens is 2. The zero-order valence-electron chi connectivity index (χ0n) is 23.6. The minimum absolute atomic E-state index is 0. The average molecular weight is 595 g/mol. The SMILES string of the molecule is CNC(=O)c1ccnc2c([C@H](C)CNc3cc(-c4ccc(NC5CCN(CC(F)F)CC5)nc4)ncn3)cccc12.S. The summed E-state index contributed by atoms with van der Waals surface area (Å²) in [5.74, 6) is 1.41. The number of nitrogens with zero attached hydrogens (tertiary/aromatic N) is 5. The number of nitrogens with one attached hydrogen (secondary N) is 3. The average Bonchev–Trinajstić information content (AvgIpc) is 3.00. The van der Waals surface area contributed by atoms with Crippen LogP contribution in [0.25, 0.3) is 22.2 Å². The van der Waals surface area contributed by atoms with Crippen molar-refractivity contribution in [3.05, 3.63) is 72.3 Å². The monoisotopic (exact) mass is 594 g/mol. The highest BCUT2D eigenvalue weighted by atomic mass is 32.1. The summed E-state index contributed by atoms with van der Waals surface area (Å²) in [5.41, 5.74) is 4.06. The van der Waals surface area contributed by atoms with Gasteiger partial charge in [0.05, 0.1) is 23.3 Å². The second-order valence-electron chi connectivity index (χ2n) is 10.3.